The molecule has 0 aromatic heterocycles. The third-order valence-electron chi connectivity index (χ3n) is 3.12. The topological polar surface area (TPSA) is 123 Å². The van der Waals surface area contributed by atoms with Crippen LogP contribution in [0.3, 0.4) is 0 Å². The van der Waals surface area contributed by atoms with Crippen LogP contribution in [0.5, 0.6) is 0 Å². The van der Waals surface area contributed by atoms with Gasteiger partial charge in [-0.05, 0) is 36.6 Å². The van der Waals surface area contributed by atoms with Crippen LogP contribution in [0.25, 0.3) is 0 Å². The maximum Gasteiger partial charge on any atom is 0.243 e. The fraction of sp³-hybridized carbons (Fsp3) is 0.438. The molecule has 0 bridgehead atoms. The summed E-state index contributed by atoms with van der Waals surface area (Å²) in [5.41, 5.74) is 1.56. The summed E-state index contributed by atoms with van der Waals surface area (Å²) in [6, 6.07) is 7.28. The maximum atomic E-state index is 11.2. The molecule has 1 unspecified atom stereocenters. The molecular weight excluding hydrogens is 569 g/mol. The molecule has 0 aliphatic heterocycles. The summed E-state index contributed by atoms with van der Waals surface area (Å²) in [4.78, 5) is 35.3. The number of nitrogens with two attached hydrogens (primary N) is 1. The van der Waals surface area contributed by atoms with E-state index in [9.17, 15) is 14.4 Å². The predicted molar refractivity (Wildman–Crippen MR) is 91.2 cm³/mol. The summed E-state index contributed by atoms with van der Waals surface area (Å²) < 4.78 is 0. The summed E-state index contributed by atoms with van der Waals surface area (Å²) in [6.45, 7) is 6.33. The summed E-state index contributed by atoms with van der Waals surface area (Å²) >= 11 is 0. The summed E-state index contributed by atoms with van der Waals surface area (Å²) in [5, 5.41) is 7.42. The Labute approximate surface area is 142 Å². The van der Waals surface area contributed by atoms with Crippen LogP contribution in [-0.2, 0) is 25.8 Å². The minimum absolute atomic E-state index is 0. The van der Waals surface area contributed by atoms with Crippen LogP contribution in [0, 0.1) is 5.92 Å². The van der Waals surface area contributed by atoms with Gasteiger partial charge in [0.05, 0.1) is 13.2 Å². The molecule has 0 heterocycles. The van der Waals surface area contributed by atoms with Gasteiger partial charge >= 0.3 is 0 Å². The van der Waals surface area contributed by atoms with Crippen molar-refractivity contribution >= 4 is 24.4 Å². The van der Waals surface area contributed by atoms with Gasteiger partial charge in [-0.15, -0.1) is 0 Å². The molecule has 0 aliphatic carbocycles. The average Bonchev–Trinajstić information content (AvgIpc) is 2.56. The van der Waals surface area contributed by atoms with Crippen LogP contribution in [0.1, 0.15) is 26.3 Å². The van der Waals surface area contributed by atoms with E-state index >= 15 is 0 Å². The van der Waals surface area contributed by atoms with Crippen molar-refractivity contribution in [3.8, 4) is 0 Å². The molecule has 0 aliphatic rings. The number of benzene rings is 1. The first-order chi connectivity index (χ1) is 11.4. The summed E-state index contributed by atoms with van der Waals surface area (Å²) in [6.07, 6.45) is 2.12. The zero-order chi connectivity index (χ0) is 18.4. The van der Waals surface area contributed by atoms with E-state index in [0.29, 0.717) is 24.6 Å². The van der Waals surface area contributed by atoms with Gasteiger partial charge in [0.2, 0.25) is 12.3 Å². The van der Waals surface area contributed by atoms with Crippen molar-refractivity contribution in [2.45, 2.75) is 33.4 Å². The summed E-state index contributed by atoms with van der Waals surface area (Å²) in [7, 11) is 0. The fourth-order valence-corrected chi connectivity index (χ4v) is 1.38. The quantitative estimate of drug-likeness (QED) is 0.143. The van der Waals surface area contributed by atoms with Crippen LogP contribution >= 0.6 is 0 Å². The van der Waals surface area contributed by atoms with Crippen LogP contribution < -0.4 is 21.8 Å². The van der Waals surface area contributed by atoms with Gasteiger partial charge in [-0.2, -0.15) is 6.41 Å². The van der Waals surface area contributed by atoms with E-state index in [1.165, 1.54) is 0 Å². The zero-order valence-electron chi connectivity index (χ0n) is 14.5. The molecule has 1 aromatic rings. The summed E-state index contributed by atoms with van der Waals surface area (Å²) in [5.74, 6) is 5.14. The van der Waals surface area contributed by atoms with Crippen molar-refractivity contribution in [2.24, 2.45) is 11.8 Å². The number of hydrogen-bond acceptors (Lipinski definition) is 5. The average molecular weight is 594 g/mol. The van der Waals surface area contributed by atoms with Crippen LogP contribution in [0.2, 0.25) is 0 Å². The van der Waals surface area contributed by atoms with Crippen LogP contribution in [0.15, 0.2) is 24.3 Å². The molecule has 9 heteroatoms. The molecule has 5 N–H and O–H groups in total. The van der Waals surface area contributed by atoms with Crippen LogP contribution in [-0.4, -0.2) is 31.3 Å². The SMILES string of the molecule is CC(C)C(C)N[C-]=O.NOCc1ccc(NC(=O)CNC=O)cc1.[Fm]. The Kier molecular flexibility index (Phi) is 13.5. The van der Waals surface area contributed by atoms with Gasteiger partial charge in [0.15, 0.2) is 0 Å². The van der Waals surface area contributed by atoms with Gasteiger partial charge in [0, 0.05) is 5.69 Å². The second-order valence-electron chi connectivity index (χ2n) is 5.33. The molecule has 0 spiro atoms. The number of carbonyl (C=O) groups excluding carboxylic acids is 3. The van der Waals surface area contributed by atoms with Crippen molar-refractivity contribution in [3.05, 3.63) is 29.8 Å². The van der Waals surface area contributed by atoms with Gasteiger partial charge in [0.25, 0.3) is 0 Å². The molecule has 0 saturated carbocycles. The van der Waals surface area contributed by atoms with Gasteiger partial charge in [-0.1, -0.05) is 26.0 Å². The minimum atomic E-state index is -0.282. The first-order valence-electron chi connectivity index (χ1n) is 7.44. The predicted octanol–water partition coefficient (Wildman–Crippen LogP) is 0.449. The molecule has 1 rings (SSSR count). The molecule has 1 atom stereocenters. The first-order valence-corrected chi connectivity index (χ1v) is 7.44. The zero-order valence-corrected chi connectivity index (χ0v) is 16.9. The van der Waals surface area contributed by atoms with E-state index < -0.39 is 0 Å². The second-order valence-corrected chi connectivity index (χ2v) is 5.33. The normalized spacial score (nSPS) is 10.4. The molecule has 1 aromatic carbocycles. The Morgan fingerprint density at radius 1 is 1.28 bits per heavy atom. The molecule has 8 nitrogen and oxygen atoms in total. The number of carbonyl (C=O) groups is 2. The van der Waals surface area contributed by atoms with E-state index in [1.807, 2.05) is 6.92 Å². The fourth-order valence-electron chi connectivity index (χ4n) is 1.38. The van der Waals surface area contributed by atoms with Gasteiger partial charge in [-0.3, -0.25) is 14.4 Å². The van der Waals surface area contributed by atoms with Gasteiger partial charge in [0.1, 0.15) is 0 Å². The Hall–Kier alpha value is -3.45. The minimum Gasteiger partial charge on any atom is -0.527 e. The van der Waals surface area contributed by atoms with E-state index in [1.54, 1.807) is 30.7 Å². The monoisotopic (exact) mass is 594 g/mol. The Bertz CT molecular complexity index is 497. The second kappa shape index (κ2) is 14.2. The first kappa shape index (κ1) is 23.8. The van der Waals surface area contributed by atoms with Crippen molar-refractivity contribution in [1.82, 2.24) is 10.6 Å². The van der Waals surface area contributed by atoms with E-state index in [2.05, 4.69) is 34.6 Å². The smallest absolute Gasteiger partial charge is 0.243 e. The van der Waals surface area contributed by atoms with Crippen molar-refractivity contribution in [3.63, 3.8) is 0 Å². The van der Waals surface area contributed by atoms with E-state index in [0.717, 1.165) is 5.56 Å². The largest absolute Gasteiger partial charge is 0.527 e. The van der Waals surface area contributed by atoms with E-state index in [4.69, 9.17) is 5.90 Å². The van der Waals surface area contributed by atoms with Gasteiger partial charge < -0.3 is 20.7 Å². The molecule has 3 amide bonds. The van der Waals surface area contributed by atoms with Gasteiger partial charge in [-0.25, -0.2) is 5.90 Å². The Balaban J connectivity index is 0. The van der Waals surface area contributed by atoms with Crippen molar-refractivity contribution < 1.29 is 19.2 Å². The number of rotatable bonds is 9. The number of hydrogen-bond donors (Lipinski definition) is 4. The molecule has 146 valence electrons. The molecule has 0 saturated heterocycles. The standard InChI is InChI=1S/C10H13N3O3.C6H12NO.Fm/c11-16-6-8-1-3-9(4-2-8)13-10(15)5-12-7-14;1-5(2)6(3)7-4-8;/h1-4,7H,5-6,11H2,(H,12,14)(H,13,15);5-6H,1-3H3,(H,7,8);/q;-1;. The number of nitrogens with one attached hydrogen (secondary N) is 3. The molecular formula is C16H25FmN4O4-. The number of amides is 3. The Morgan fingerprint density at radius 3 is 2.28 bits per heavy atom. The third-order valence-corrected chi connectivity index (χ3v) is 3.12. The van der Waals surface area contributed by atoms with Crippen LogP contribution in [0.4, 0.5) is 5.69 Å². The molecule has 0 radical (unpaired) electrons. The third kappa shape index (κ3) is 11.7. The number of anilines is 1. The van der Waals surface area contributed by atoms with Crippen molar-refractivity contribution in [1.29, 1.82) is 0 Å². The molecule has 0 fully saturated rings. The maximum absolute atomic E-state index is 11.2. The van der Waals surface area contributed by atoms with Crippen molar-refractivity contribution in [2.75, 3.05) is 11.9 Å². The molecule has 25 heavy (non-hydrogen) atoms. The Morgan fingerprint density at radius 2 is 1.88 bits per heavy atom. The van der Waals surface area contributed by atoms with E-state index in [-0.39, 0.29) is 18.5 Å².